The number of hydrogen-bond donors (Lipinski definition) is 1. The molecule has 1 N–H and O–H groups in total. The van der Waals surface area contributed by atoms with Crippen LogP contribution < -0.4 is 0 Å². The molecule has 0 spiro atoms. The Morgan fingerprint density at radius 2 is 2.27 bits per heavy atom. The van der Waals surface area contributed by atoms with E-state index in [0.29, 0.717) is 0 Å². The predicted octanol–water partition coefficient (Wildman–Crippen LogP) is 1.62. The van der Waals surface area contributed by atoms with Crippen LogP contribution in [0.1, 0.15) is 22.6 Å². The monoisotopic (exact) mass is 226 g/mol. The Balaban J connectivity index is 2.24. The van der Waals surface area contributed by atoms with Crippen LogP contribution in [0.15, 0.2) is 12.1 Å². The molecule has 1 aromatic rings. The average molecular weight is 226 g/mol. The number of thiophene rings is 1. The first-order chi connectivity index (χ1) is 7.10. The second-order valence-electron chi connectivity index (χ2n) is 3.99. The van der Waals surface area contributed by atoms with Crippen LogP contribution in [0.3, 0.4) is 0 Å². The minimum absolute atomic E-state index is 0.355. The molecule has 0 aromatic carbocycles. The fourth-order valence-electron chi connectivity index (χ4n) is 1.83. The normalized spacial score (nSPS) is 19.7. The van der Waals surface area contributed by atoms with Gasteiger partial charge in [0.2, 0.25) is 0 Å². The molecule has 0 radical (unpaired) electrons. The van der Waals surface area contributed by atoms with Crippen LogP contribution in [0.2, 0.25) is 0 Å². The van der Waals surface area contributed by atoms with Gasteiger partial charge in [-0.15, -0.1) is 11.3 Å². The lowest BCUT2D eigenvalue weighted by Crippen LogP contribution is -2.34. The first kappa shape index (κ1) is 10.6. The molecule has 1 aliphatic carbocycles. The number of rotatable bonds is 3. The van der Waals surface area contributed by atoms with E-state index >= 15 is 0 Å². The van der Waals surface area contributed by atoms with Crippen LogP contribution in [0, 0.1) is 6.92 Å². The maximum absolute atomic E-state index is 11.3. The van der Waals surface area contributed by atoms with Gasteiger partial charge in [0.05, 0.1) is 7.11 Å². The molecule has 0 bridgehead atoms. The zero-order chi connectivity index (χ0) is 11.1. The fourth-order valence-corrected chi connectivity index (χ4v) is 2.97. The van der Waals surface area contributed by atoms with Gasteiger partial charge in [-0.05, 0) is 31.9 Å². The van der Waals surface area contributed by atoms with Crippen molar-refractivity contribution in [1.29, 1.82) is 0 Å². The van der Waals surface area contributed by atoms with E-state index in [9.17, 15) is 9.90 Å². The molecule has 1 heterocycles. The Bertz CT molecular complexity index is 379. The van der Waals surface area contributed by atoms with E-state index in [1.807, 2.05) is 19.1 Å². The molecular weight excluding hydrogens is 212 g/mol. The number of carbonyl (C=O) groups excluding carboxylic acids is 1. The summed E-state index contributed by atoms with van der Waals surface area (Å²) in [5.74, 6) is -0.529. The van der Waals surface area contributed by atoms with Gasteiger partial charge in [0.25, 0.3) is 0 Å². The molecule has 82 valence electrons. The van der Waals surface area contributed by atoms with Crippen molar-refractivity contribution in [3.8, 4) is 0 Å². The largest absolute Gasteiger partial charge is 0.467 e. The molecule has 1 aromatic heterocycles. The van der Waals surface area contributed by atoms with Gasteiger partial charge in [-0.3, -0.25) is 0 Å². The summed E-state index contributed by atoms with van der Waals surface area (Å²) in [4.78, 5) is 13.6. The van der Waals surface area contributed by atoms with Crippen molar-refractivity contribution in [1.82, 2.24) is 0 Å². The molecule has 3 nitrogen and oxygen atoms in total. The summed E-state index contributed by atoms with van der Waals surface area (Å²) in [6.07, 6.45) is 0.715. The van der Waals surface area contributed by atoms with Crippen LogP contribution in [0.25, 0.3) is 0 Å². The van der Waals surface area contributed by atoms with Gasteiger partial charge in [-0.25, -0.2) is 4.79 Å². The van der Waals surface area contributed by atoms with E-state index in [2.05, 4.69) is 4.74 Å². The number of aryl methyl sites for hydroxylation is 1. The number of ether oxygens (including phenoxy) is 1. The minimum Gasteiger partial charge on any atom is -0.467 e. The molecule has 0 amide bonds. The van der Waals surface area contributed by atoms with Crippen molar-refractivity contribution in [2.24, 2.45) is 0 Å². The number of carbonyl (C=O) groups is 1. The highest BCUT2D eigenvalue weighted by atomic mass is 32.1. The van der Waals surface area contributed by atoms with Gasteiger partial charge >= 0.3 is 5.97 Å². The zero-order valence-electron chi connectivity index (χ0n) is 8.82. The van der Waals surface area contributed by atoms with Crippen LogP contribution in [0.5, 0.6) is 0 Å². The third kappa shape index (κ3) is 1.68. The molecule has 1 atom stereocenters. The molecular formula is C11H14O3S. The van der Waals surface area contributed by atoms with Crippen molar-refractivity contribution >= 4 is 17.3 Å². The van der Waals surface area contributed by atoms with Crippen molar-refractivity contribution < 1.29 is 14.6 Å². The third-order valence-corrected chi connectivity index (χ3v) is 4.19. The molecule has 0 aliphatic heterocycles. The maximum Gasteiger partial charge on any atom is 0.335 e. The van der Waals surface area contributed by atoms with E-state index in [1.165, 1.54) is 12.0 Å². The van der Waals surface area contributed by atoms with Crippen LogP contribution in [-0.2, 0) is 14.9 Å². The molecule has 15 heavy (non-hydrogen) atoms. The lowest BCUT2D eigenvalue weighted by atomic mass is 9.97. The summed E-state index contributed by atoms with van der Waals surface area (Å²) in [5, 5.41) is 9.90. The number of aliphatic hydroxyl groups excluding tert-OH is 1. The lowest BCUT2D eigenvalue weighted by Gasteiger charge is -2.18. The summed E-state index contributed by atoms with van der Waals surface area (Å²) < 4.78 is 4.58. The zero-order valence-corrected chi connectivity index (χ0v) is 9.63. The van der Waals surface area contributed by atoms with Crippen LogP contribution in [-0.4, -0.2) is 24.3 Å². The molecule has 4 heteroatoms. The molecule has 1 fully saturated rings. The number of hydrogen-bond acceptors (Lipinski definition) is 4. The van der Waals surface area contributed by atoms with Gasteiger partial charge in [-0.1, -0.05) is 0 Å². The van der Waals surface area contributed by atoms with Gasteiger partial charge in [0, 0.05) is 15.2 Å². The summed E-state index contributed by atoms with van der Waals surface area (Å²) >= 11 is 1.65. The predicted molar refractivity (Wildman–Crippen MR) is 58.0 cm³/mol. The second kappa shape index (κ2) is 3.61. The van der Waals surface area contributed by atoms with E-state index in [1.54, 1.807) is 11.3 Å². The average Bonchev–Trinajstić information content (AvgIpc) is 2.94. The number of esters is 1. The molecule has 1 saturated carbocycles. The van der Waals surface area contributed by atoms with E-state index in [4.69, 9.17) is 0 Å². The first-order valence-corrected chi connectivity index (χ1v) is 5.74. The Morgan fingerprint density at radius 3 is 2.67 bits per heavy atom. The van der Waals surface area contributed by atoms with Gasteiger partial charge < -0.3 is 9.84 Å². The van der Waals surface area contributed by atoms with Crippen LogP contribution >= 0.6 is 11.3 Å². The SMILES string of the molecule is COC(=O)C(O)C1(c2ccc(C)s2)CC1. The van der Waals surface area contributed by atoms with E-state index < -0.39 is 12.1 Å². The van der Waals surface area contributed by atoms with E-state index in [-0.39, 0.29) is 5.41 Å². The topological polar surface area (TPSA) is 46.5 Å². The van der Waals surface area contributed by atoms with Crippen molar-refractivity contribution in [2.45, 2.75) is 31.3 Å². The Labute approximate surface area is 92.7 Å². The van der Waals surface area contributed by atoms with Crippen molar-refractivity contribution in [2.75, 3.05) is 7.11 Å². The molecule has 0 saturated heterocycles. The molecule has 1 aliphatic rings. The Hall–Kier alpha value is -0.870. The van der Waals surface area contributed by atoms with Crippen LogP contribution in [0.4, 0.5) is 0 Å². The first-order valence-electron chi connectivity index (χ1n) is 4.93. The summed E-state index contributed by atoms with van der Waals surface area (Å²) in [6, 6.07) is 4.02. The third-order valence-electron chi connectivity index (χ3n) is 2.97. The minimum atomic E-state index is -1.01. The maximum atomic E-state index is 11.3. The van der Waals surface area contributed by atoms with E-state index in [0.717, 1.165) is 17.7 Å². The summed E-state index contributed by atoms with van der Waals surface area (Å²) in [7, 11) is 1.31. The number of methoxy groups -OCH3 is 1. The van der Waals surface area contributed by atoms with Crippen molar-refractivity contribution in [3.63, 3.8) is 0 Å². The van der Waals surface area contributed by atoms with Gasteiger partial charge in [0.1, 0.15) is 0 Å². The highest BCUT2D eigenvalue weighted by Crippen LogP contribution is 2.53. The highest BCUT2D eigenvalue weighted by molar-refractivity contribution is 7.12. The lowest BCUT2D eigenvalue weighted by molar-refractivity contribution is -0.152. The molecule has 2 rings (SSSR count). The van der Waals surface area contributed by atoms with Gasteiger partial charge in [-0.2, -0.15) is 0 Å². The number of aliphatic hydroxyl groups is 1. The molecule has 1 unspecified atom stereocenters. The standard InChI is InChI=1S/C11H14O3S/c1-7-3-4-8(15-7)11(5-6-11)9(12)10(13)14-2/h3-4,9,12H,5-6H2,1-2H3. The van der Waals surface area contributed by atoms with Crippen molar-refractivity contribution in [3.05, 3.63) is 21.9 Å². The highest BCUT2D eigenvalue weighted by Gasteiger charge is 2.54. The smallest absolute Gasteiger partial charge is 0.335 e. The Kier molecular flexibility index (Phi) is 2.56. The second-order valence-corrected chi connectivity index (χ2v) is 5.28. The quantitative estimate of drug-likeness (QED) is 0.797. The Morgan fingerprint density at radius 1 is 1.60 bits per heavy atom. The summed E-state index contributed by atoms with van der Waals surface area (Å²) in [5.41, 5.74) is -0.355. The summed E-state index contributed by atoms with van der Waals surface area (Å²) in [6.45, 7) is 2.02. The fraction of sp³-hybridized carbons (Fsp3) is 0.545. The van der Waals surface area contributed by atoms with Gasteiger partial charge in [0.15, 0.2) is 6.10 Å².